The van der Waals surface area contributed by atoms with E-state index in [0.29, 0.717) is 26.2 Å². The summed E-state index contributed by atoms with van der Waals surface area (Å²) >= 11 is 1.66. The number of nitrogens with one attached hydrogen (secondary N) is 1. The van der Waals surface area contributed by atoms with Crippen LogP contribution in [0.3, 0.4) is 0 Å². The Hall–Kier alpha value is -2.18. The van der Waals surface area contributed by atoms with Gasteiger partial charge >= 0.3 is 12.1 Å². The van der Waals surface area contributed by atoms with E-state index < -0.39 is 12.1 Å². The largest absolute Gasteiger partial charge is 0.490 e. The van der Waals surface area contributed by atoms with Gasteiger partial charge in [-0.05, 0) is 37.9 Å². The maximum absolute atomic E-state index is 12.7. The number of carbonyl (C=O) groups is 3. The maximum Gasteiger partial charge on any atom is 0.490 e. The zero-order valence-electron chi connectivity index (χ0n) is 17.1. The lowest BCUT2D eigenvalue weighted by molar-refractivity contribution is -0.192. The highest BCUT2D eigenvalue weighted by Gasteiger charge is 2.51. The zero-order chi connectivity index (χ0) is 23.0. The smallest absolute Gasteiger partial charge is 0.475 e. The van der Waals surface area contributed by atoms with E-state index in [9.17, 15) is 22.8 Å². The Bertz CT molecular complexity index is 845. The number of rotatable bonds is 2. The lowest BCUT2D eigenvalue weighted by Crippen LogP contribution is -2.73. The summed E-state index contributed by atoms with van der Waals surface area (Å²) in [6, 6.07) is 1.83. The van der Waals surface area contributed by atoms with Gasteiger partial charge in [-0.25, -0.2) is 4.79 Å². The average Bonchev–Trinajstić information content (AvgIpc) is 3.26. The first-order valence-electron chi connectivity index (χ1n) is 9.72. The number of ether oxygens (including phenoxy) is 1. The van der Waals surface area contributed by atoms with E-state index in [-0.39, 0.29) is 23.5 Å². The second-order valence-corrected chi connectivity index (χ2v) is 9.05. The molecule has 2 aliphatic heterocycles. The molecule has 2 fully saturated rings. The Kier molecular flexibility index (Phi) is 6.63. The van der Waals surface area contributed by atoms with Crippen LogP contribution in [0.5, 0.6) is 0 Å². The fraction of sp³-hybridized carbons (Fsp3) is 0.632. The fourth-order valence-electron chi connectivity index (χ4n) is 4.01. The highest BCUT2D eigenvalue weighted by molar-refractivity contribution is 7.14. The number of carboxylic acid groups (broad SMARTS) is 1. The van der Waals surface area contributed by atoms with Crippen molar-refractivity contribution >= 4 is 29.1 Å². The minimum Gasteiger partial charge on any atom is -0.475 e. The highest BCUT2D eigenvalue weighted by atomic mass is 32.1. The lowest BCUT2D eigenvalue weighted by atomic mass is 9.90. The van der Waals surface area contributed by atoms with Crippen molar-refractivity contribution in [2.45, 2.75) is 37.1 Å². The second-order valence-electron chi connectivity index (χ2n) is 7.92. The topological polar surface area (TPSA) is 99.2 Å². The molecule has 3 heterocycles. The number of hydrogen-bond donors (Lipinski definition) is 2. The number of amides is 2. The third-order valence-electron chi connectivity index (χ3n) is 5.61. The van der Waals surface area contributed by atoms with E-state index in [1.807, 2.05) is 16.8 Å². The van der Waals surface area contributed by atoms with E-state index in [0.717, 1.165) is 17.7 Å². The first kappa shape index (κ1) is 23.5. The minimum atomic E-state index is -5.08. The van der Waals surface area contributed by atoms with Crippen LogP contribution in [-0.4, -0.2) is 90.8 Å². The van der Waals surface area contributed by atoms with Gasteiger partial charge in [-0.2, -0.15) is 13.2 Å². The van der Waals surface area contributed by atoms with Crippen LogP contribution in [0.4, 0.5) is 13.2 Å². The number of thiophene rings is 1. The van der Waals surface area contributed by atoms with E-state index in [4.69, 9.17) is 14.6 Å². The summed E-state index contributed by atoms with van der Waals surface area (Å²) in [5.74, 6) is -2.65. The van der Waals surface area contributed by atoms with Gasteiger partial charge < -0.3 is 20.1 Å². The Balaban J connectivity index is 0.000000339. The van der Waals surface area contributed by atoms with Gasteiger partial charge in [0, 0.05) is 18.5 Å². The molecular formula is C19H24F3N3O5S. The second kappa shape index (κ2) is 8.75. The van der Waals surface area contributed by atoms with Crippen LogP contribution in [0, 0.1) is 0 Å². The third kappa shape index (κ3) is 5.01. The highest BCUT2D eigenvalue weighted by Crippen LogP contribution is 2.35. The number of aryl methyl sites for hydroxylation is 2. The first-order chi connectivity index (χ1) is 14.5. The molecule has 2 saturated heterocycles. The van der Waals surface area contributed by atoms with E-state index in [1.54, 1.807) is 18.4 Å². The van der Waals surface area contributed by atoms with Crippen LogP contribution < -0.4 is 5.32 Å². The number of fused-ring (bicyclic) bond motifs is 1. The van der Waals surface area contributed by atoms with Gasteiger partial charge in [0.15, 0.2) is 0 Å². The lowest BCUT2D eigenvalue weighted by Gasteiger charge is -2.54. The molecular weight excluding hydrogens is 439 g/mol. The monoisotopic (exact) mass is 463 g/mol. The molecule has 4 rings (SSSR count). The van der Waals surface area contributed by atoms with Crippen molar-refractivity contribution in [3.63, 3.8) is 0 Å². The van der Waals surface area contributed by atoms with Crippen LogP contribution in [0.25, 0.3) is 0 Å². The van der Waals surface area contributed by atoms with Crippen LogP contribution >= 0.6 is 11.3 Å². The van der Waals surface area contributed by atoms with Gasteiger partial charge in [0.2, 0.25) is 5.91 Å². The van der Waals surface area contributed by atoms with Gasteiger partial charge in [-0.15, -0.1) is 11.3 Å². The molecule has 2 amide bonds. The van der Waals surface area contributed by atoms with Crippen LogP contribution in [-0.2, 0) is 27.2 Å². The summed E-state index contributed by atoms with van der Waals surface area (Å²) in [6.45, 7) is 2.28. The predicted molar refractivity (Wildman–Crippen MR) is 105 cm³/mol. The molecule has 1 unspecified atom stereocenters. The molecule has 31 heavy (non-hydrogen) atoms. The van der Waals surface area contributed by atoms with Crippen LogP contribution in [0.15, 0.2) is 6.07 Å². The molecule has 1 aromatic heterocycles. The van der Waals surface area contributed by atoms with Gasteiger partial charge in [0.05, 0.1) is 24.6 Å². The summed E-state index contributed by atoms with van der Waals surface area (Å²) in [4.78, 5) is 39.5. The Morgan fingerprint density at radius 3 is 2.42 bits per heavy atom. The van der Waals surface area contributed by atoms with Crippen molar-refractivity contribution in [3.8, 4) is 0 Å². The third-order valence-corrected chi connectivity index (χ3v) is 6.84. The SMILES string of the molecule is CNC(=O)C1COC2(CN(C(=O)c3cc4c(s3)CCC4)C2)CN1C.O=C(O)C(F)(F)F. The molecule has 0 saturated carbocycles. The molecule has 1 spiro atoms. The quantitative estimate of drug-likeness (QED) is 0.683. The van der Waals surface area contributed by atoms with E-state index in [1.165, 1.54) is 16.9 Å². The van der Waals surface area contributed by atoms with Crippen molar-refractivity contribution in [2.24, 2.45) is 0 Å². The van der Waals surface area contributed by atoms with Crippen molar-refractivity contribution in [1.82, 2.24) is 15.1 Å². The van der Waals surface area contributed by atoms with Crippen LogP contribution in [0.2, 0.25) is 0 Å². The molecule has 3 aliphatic rings. The standard InChI is InChI=1S/C17H23N3O3S.C2HF3O2/c1-18-15(21)12-7-23-17(8-19(12)2)9-20(10-17)16(22)14-6-11-4-3-5-13(11)24-14;3-2(4,5)1(6)7/h6,12H,3-5,7-10H2,1-2H3,(H,18,21);(H,6,7). The van der Waals surface area contributed by atoms with Crippen molar-refractivity contribution in [3.05, 3.63) is 21.4 Å². The number of likely N-dealkylation sites (N-methyl/N-ethyl adjacent to an activating group) is 2. The summed E-state index contributed by atoms with van der Waals surface area (Å²) in [7, 11) is 3.58. The fourth-order valence-corrected chi connectivity index (χ4v) is 5.23. The van der Waals surface area contributed by atoms with Crippen molar-refractivity contribution < 1.29 is 37.4 Å². The number of hydrogen-bond acceptors (Lipinski definition) is 6. The zero-order valence-corrected chi connectivity index (χ0v) is 17.9. The Morgan fingerprint density at radius 1 is 1.26 bits per heavy atom. The van der Waals surface area contributed by atoms with Crippen molar-refractivity contribution in [1.29, 1.82) is 0 Å². The Labute approximate surface area is 180 Å². The number of halogens is 3. The number of carboxylic acids is 1. The molecule has 1 aliphatic carbocycles. The van der Waals surface area contributed by atoms with Gasteiger partial charge in [-0.1, -0.05) is 0 Å². The maximum atomic E-state index is 12.7. The molecule has 12 heteroatoms. The summed E-state index contributed by atoms with van der Waals surface area (Å²) in [5.41, 5.74) is 1.05. The first-order valence-corrected chi connectivity index (χ1v) is 10.5. The number of alkyl halides is 3. The van der Waals surface area contributed by atoms with Gasteiger partial charge in [-0.3, -0.25) is 14.5 Å². The molecule has 0 aromatic carbocycles. The number of aliphatic carboxylic acids is 1. The molecule has 2 N–H and O–H groups in total. The van der Waals surface area contributed by atoms with Crippen LogP contribution in [0.1, 0.15) is 26.5 Å². The molecule has 1 aromatic rings. The minimum absolute atomic E-state index is 0.0206. The Morgan fingerprint density at radius 2 is 1.90 bits per heavy atom. The normalized spacial score (nSPS) is 22.2. The average molecular weight is 463 g/mol. The number of morpholine rings is 1. The predicted octanol–water partition coefficient (Wildman–Crippen LogP) is 1.14. The molecule has 172 valence electrons. The van der Waals surface area contributed by atoms with Gasteiger partial charge in [0.1, 0.15) is 11.6 Å². The van der Waals surface area contributed by atoms with E-state index in [2.05, 4.69) is 11.4 Å². The summed E-state index contributed by atoms with van der Waals surface area (Å²) < 4.78 is 37.7. The van der Waals surface area contributed by atoms with Gasteiger partial charge in [0.25, 0.3) is 5.91 Å². The molecule has 0 bridgehead atoms. The van der Waals surface area contributed by atoms with E-state index >= 15 is 0 Å². The van der Waals surface area contributed by atoms with Crippen molar-refractivity contribution in [2.75, 3.05) is 40.3 Å². The molecule has 0 radical (unpaired) electrons. The number of likely N-dealkylation sites (tertiary alicyclic amines) is 1. The number of nitrogens with zero attached hydrogens (tertiary/aromatic N) is 2. The number of carbonyl (C=O) groups excluding carboxylic acids is 2. The summed E-state index contributed by atoms with van der Waals surface area (Å²) in [5, 5.41) is 9.80. The molecule has 8 nitrogen and oxygen atoms in total. The molecule has 1 atom stereocenters. The summed E-state index contributed by atoms with van der Waals surface area (Å²) in [6.07, 6.45) is -1.64.